The maximum Gasteiger partial charge on any atom is 0.178 e. The highest BCUT2D eigenvalue weighted by Gasteiger charge is 2.23. The third kappa shape index (κ3) is 6.49. The molecule has 0 aromatic heterocycles. The van der Waals surface area contributed by atoms with E-state index in [2.05, 4.69) is 43.4 Å². The van der Waals surface area contributed by atoms with E-state index in [1.807, 2.05) is 0 Å². The Bertz CT molecular complexity index is 366. The van der Waals surface area contributed by atoms with Crippen LogP contribution in [0.15, 0.2) is 30.3 Å². The molecular formula is C14H24O3Si2. The van der Waals surface area contributed by atoms with Crippen LogP contribution in [0.25, 0.3) is 0 Å². The Morgan fingerprint density at radius 3 is 2.74 bits per heavy atom. The first kappa shape index (κ1) is 14.9. The van der Waals surface area contributed by atoms with Gasteiger partial charge in [0.25, 0.3) is 0 Å². The van der Waals surface area contributed by atoms with Gasteiger partial charge in [0.05, 0.1) is 13.2 Å². The molecule has 0 aliphatic carbocycles. The van der Waals surface area contributed by atoms with Gasteiger partial charge in [-0.05, 0) is 30.7 Å². The summed E-state index contributed by atoms with van der Waals surface area (Å²) in [7, 11) is -2.05. The molecule has 1 fully saturated rings. The van der Waals surface area contributed by atoms with E-state index in [-0.39, 0.29) is 0 Å². The Balaban J connectivity index is 1.57. The van der Waals surface area contributed by atoms with Gasteiger partial charge in [-0.3, -0.25) is 0 Å². The number of benzene rings is 1. The van der Waals surface area contributed by atoms with Crippen LogP contribution in [0.3, 0.4) is 0 Å². The van der Waals surface area contributed by atoms with Gasteiger partial charge in [0.15, 0.2) is 18.1 Å². The largest absolute Gasteiger partial charge is 0.457 e. The highest BCUT2D eigenvalue weighted by molar-refractivity contribution is 6.76. The van der Waals surface area contributed by atoms with Crippen molar-refractivity contribution in [1.82, 2.24) is 0 Å². The lowest BCUT2D eigenvalue weighted by Gasteiger charge is -2.23. The van der Waals surface area contributed by atoms with Crippen LogP contribution in [0.2, 0.25) is 19.1 Å². The fourth-order valence-electron chi connectivity index (χ4n) is 1.90. The fraction of sp³-hybridized carbons (Fsp3) is 0.571. The van der Waals surface area contributed by atoms with Gasteiger partial charge >= 0.3 is 0 Å². The molecule has 0 bridgehead atoms. The third-order valence-electron chi connectivity index (χ3n) is 3.25. The molecule has 5 heteroatoms. The number of rotatable bonds is 9. The smallest absolute Gasteiger partial charge is 0.178 e. The van der Waals surface area contributed by atoms with Gasteiger partial charge in [0.2, 0.25) is 0 Å². The predicted molar refractivity (Wildman–Crippen MR) is 83.2 cm³/mol. The predicted octanol–water partition coefficient (Wildman–Crippen LogP) is 1.42. The maximum atomic E-state index is 6.25. The molecule has 2 rings (SSSR count). The molecule has 0 N–H and O–H groups in total. The average molecular weight is 297 g/mol. The van der Waals surface area contributed by atoms with Gasteiger partial charge in [0, 0.05) is 6.61 Å². The maximum absolute atomic E-state index is 6.25. The van der Waals surface area contributed by atoms with Gasteiger partial charge in [0.1, 0.15) is 6.10 Å². The molecule has 1 unspecified atom stereocenters. The number of ether oxygens (including phenoxy) is 2. The third-order valence-corrected chi connectivity index (χ3v) is 9.31. The molecule has 106 valence electrons. The van der Waals surface area contributed by atoms with Crippen LogP contribution in [0.1, 0.15) is 6.42 Å². The van der Waals surface area contributed by atoms with Crippen LogP contribution >= 0.6 is 0 Å². The monoisotopic (exact) mass is 296 g/mol. The van der Waals surface area contributed by atoms with E-state index in [1.165, 1.54) is 11.2 Å². The zero-order valence-corrected chi connectivity index (χ0v) is 14.3. The van der Waals surface area contributed by atoms with Crippen molar-refractivity contribution < 1.29 is 13.6 Å². The van der Waals surface area contributed by atoms with Gasteiger partial charge < -0.3 is 13.6 Å². The Hall–Kier alpha value is -0.466. The van der Waals surface area contributed by atoms with Crippen LogP contribution in [0, 0.1) is 0 Å². The standard InChI is InChI=1S/C14H24O3Si2/c1-19(2,10-6-9-15-11-13-12-16-13)17-18-14-7-4-3-5-8-14/h3-5,7-8,13H,6,9-12,18H2,1-2H3. The molecule has 1 aromatic rings. The quantitative estimate of drug-likeness (QED) is 0.392. The van der Waals surface area contributed by atoms with Crippen molar-refractivity contribution in [2.24, 2.45) is 0 Å². The molecule has 1 aliphatic rings. The normalized spacial score (nSPS) is 19.2. The summed E-state index contributed by atoms with van der Waals surface area (Å²) in [6.45, 7) is 7.11. The molecule has 0 spiro atoms. The van der Waals surface area contributed by atoms with Crippen molar-refractivity contribution in [1.29, 1.82) is 0 Å². The minimum atomic E-state index is -1.50. The molecule has 1 heterocycles. The zero-order valence-electron chi connectivity index (χ0n) is 11.9. The van der Waals surface area contributed by atoms with E-state index in [9.17, 15) is 0 Å². The average Bonchev–Trinajstić information content (AvgIpc) is 3.21. The van der Waals surface area contributed by atoms with E-state index in [0.717, 1.165) is 26.2 Å². The molecule has 0 amide bonds. The minimum Gasteiger partial charge on any atom is -0.457 e. The minimum absolute atomic E-state index is 0.381. The van der Waals surface area contributed by atoms with Gasteiger partial charge in [-0.2, -0.15) is 0 Å². The van der Waals surface area contributed by atoms with Gasteiger partial charge in [-0.15, -0.1) is 0 Å². The fourth-order valence-corrected chi connectivity index (χ4v) is 6.17. The number of epoxide rings is 1. The summed E-state index contributed by atoms with van der Waals surface area (Å²) in [5.74, 6) is 0. The molecule has 1 saturated heterocycles. The van der Waals surface area contributed by atoms with Crippen LogP contribution in [-0.4, -0.2) is 44.0 Å². The van der Waals surface area contributed by atoms with Crippen LogP contribution < -0.4 is 5.19 Å². The molecule has 0 saturated carbocycles. The lowest BCUT2D eigenvalue weighted by molar-refractivity contribution is 0.116. The second-order valence-corrected chi connectivity index (χ2v) is 11.9. The van der Waals surface area contributed by atoms with Crippen molar-refractivity contribution in [2.75, 3.05) is 19.8 Å². The first-order valence-electron chi connectivity index (χ1n) is 7.03. The summed E-state index contributed by atoms with van der Waals surface area (Å²) in [6.07, 6.45) is 1.49. The summed E-state index contributed by atoms with van der Waals surface area (Å²) >= 11 is 0. The Labute approximate surface area is 119 Å². The lowest BCUT2D eigenvalue weighted by atomic mass is 10.4. The van der Waals surface area contributed by atoms with E-state index in [1.54, 1.807) is 0 Å². The second kappa shape index (κ2) is 7.35. The van der Waals surface area contributed by atoms with Crippen LogP contribution in [-0.2, 0) is 13.6 Å². The molecule has 1 atom stereocenters. The SMILES string of the molecule is C[Si](C)(CCCOCC1CO1)O[SiH2]c1ccccc1. The van der Waals surface area contributed by atoms with Crippen molar-refractivity contribution in [2.45, 2.75) is 31.7 Å². The number of hydrogen-bond donors (Lipinski definition) is 0. The summed E-state index contributed by atoms with van der Waals surface area (Å²) in [4.78, 5) is 0. The van der Waals surface area contributed by atoms with Crippen molar-refractivity contribution >= 4 is 23.3 Å². The summed E-state index contributed by atoms with van der Waals surface area (Å²) in [6, 6.07) is 11.8. The van der Waals surface area contributed by atoms with Crippen LogP contribution in [0.5, 0.6) is 0 Å². The first-order valence-corrected chi connectivity index (χ1v) is 11.4. The molecule has 3 nitrogen and oxygen atoms in total. The second-order valence-electron chi connectivity index (χ2n) is 5.67. The topological polar surface area (TPSA) is 31.0 Å². The van der Waals surface area contributed by atoms with Crippen molar-refractivity contribution in [3.05, 3.63) is 30.3 Å². The van der Waals surface area contributed by atoms with Gasteiger partial charge in [-0.1, -0.05) is 30.3 Å². The Kier molecular flexibility index (Phi) is 5.78. The van der Waals surface area contributed by atoms with E-state index >= 15 is 0 Å². The van der Waals surface area contributed by atoms with E-state index in [0.29, 0.717) is 6.10 Å². The van der Waals surface area contributed by atoms with Crippen molar-refractivity contribution in [3.63, 3.8) is 0 Å². The van der Waals surface area contributed by atoms with Gasteiger partial charge in [-0.25, -0.2) is 0 Å². The summed E-state index contributed by atoms with van der Waals surface area (Å²) in [5.41, 5.74) is 0. The molecule has 1 aliphatic heterocycles. The van der Waals surface area contributed by atoms with Crippen molar-refractivity contribution in [3.8, 4) is 0 Å². The molecular weight excluding hydrogens is 272 g/mol. The summed E-state index contributed by atoms with van der Waals surface area (Å²) in [5, 5.41) is 1.39. The molecule has 19 heavy (non-hydrogen) atoms. The lowest BCUT2D eigenvalue weighted by Crippen LogP contribution is -2.36. The zero-order chi connectivity index (χ0) is 13.6. The van der Waals surface area contributed by atoms with E-state index < -0.39 is 18.1 Å². The Morgan fingerprint density at radius 1 is 1.32 bits per heavy atom. The molecule has 0 radical (unpaired) electrons. The highest BCUT2D eigenvalue weighted by atomic mass is 28.4. The van der Waals surface area contributed by atoms with Crippen LogP contribution in [0.4, 0.5) is 0 Å². The number of hydrogen-bond acceptors (Lipinski definition) is 3. The van der Waals surface area contributed by atoms with E-state index in [4.69, 9.17) is 13.6 Å². The summed E-state index contributed by atoms with van der Waals surface area (Å²) < 4.78 is 16.9. The first-order chi connectivity index (χ1) is 9.16. The Morgan fingerprint density at radius 2 is 2.05 bits per heavy atom. The molecule has 1 aromatic carbocycles. The highest BCUT2D eigenvalue weighted by Crippen LogP contribution is 2.14.